The predicted molar refractivity (Wildman–Crippen MR) is 49.2 cm³/mol. The Morgan fingerprint density at radius 3 is 2.50 bits per heavy atom. The van der Waals surface area contributed by atoms with Gasteiger partial charge in [-0.15, -0.1) is 0 Å². The SMILES string of the molecule is CCC(=O)C1(NC)CCNCC1. The molecular formula is C9H18N2O. The minimum atomic E-state index is -0.222. The highest BCUT2D eigenvalue weighted by Crippen LogP contribution is 2.20. The van der Waals surface area contributed by atoms with Crippen LogP contribution in [0.2, 0.25) is 0 Å². The van der Waals surface area contributed by atoms with E-state index >= 15 is 0 Å². The van der Waals surface area contributed by atoms with E-state index in [1.165, 1.54) is 0 Å². The molecule has 70 valence electrons. The van der Waals surface area contributed by atoms with Crippen molar-refractivity contribution in [2.24, 2.45) is 0 Å². The molecule has 0 aromatic rings. The molecule has 3 nitrogen and oxygen atoms in total. The molecule has 0 unspecified atom stereocenters. The largest absolute Gasteiger partial charge is 0.317 e. The Morgan fingerprint density at radius 2 is 2.08 bits per heavy atom. The normalized spacial score (nSPS) is 22.2. The van der Waals surface area contributed by atoms with Crippen LogP contribution in [0.25, 0.3) is 0 Å². The summed E-state index contributed by atoms with van der Waals surface area (Å²) in [5, 5.41) is 6.44. The van der Waals surface area contributed by atoms with Crippen molar-refractivity contribution < 1.29 is 4.79 Å². The molecule has 0 saturated carbocycles. The van der Waals surface area contributed by atoms with Crippen molar-refractivity contribution in [2.45, 2.75) is 31.7 Å². The van der Waals surface area contributed by atoms with E-state index in [1.54, 1.807) is 0 Å². The van der Waals surface area contributed by atoms with Crippen LogP contribution < -0.4 is 10.6 Å². The van der Waals surface area contributed by atoms with Gasteiger partial charge < -0.3 is 10.6 Å². The Labute approximate surface area is 73.9 Å². The number of ketones is 1. The fraction of sp³-hybridized carbons (Fsp3) is 0.889. The molecule has 3 heteroatoms. The quantitative estimate of drug-likeness (QED) is 0.640. The van der Waals surface area contributed by atoms with Crippen LogP contribution in [0.4, 0.5) is 0 Å². The highest BCUT2D eigenvalue weighted by molar-refractivity contribution is 5.88. The summed E-state index contributed by atoms with van der Waals surface area (Å²) in [6, 6.07) is 0. The Morgan fingerprint density at radius 1 is 1.50 bits per heavy atom. The Hall–Kier alpha value is -0.410. The molecule has 1 saturated heterocycles. The van der Waals surface area contributed by atoms with E-state index in [1.807, 2.05) is 14.0 Å². The van der Waals surface area contributed by atoms with Crippen LogP contribution in [0.1, 0.15) is 26.2 Å². The van der Waals surface area contributed by atoms with E-state index in [9.17, 15) is 4.79 Å². The molecule has 0 radical (unpaired) electrons. The Balaban J connectivity index is 2.66. The summed E-state index contributed by atoms with van der Waals surface area (Å²) < 4.78 is 0. The Kier molecular flexibility index (Phi) is 3.23. The highest BCUT2D eigenvalue weighted by atomic mass is 16.1. The van der Waals surface area contributed by atoms with Crippen molar-refractivity contribution >= 4 is 5.78 Å². The molecule has 1 fully saturated rings. The summed E-state index contributed by atoms with van der Waals surface area (Å²) in [6.45, 7) is 3.84. The number of carbonyl (C=O) groups excluding carboxylic acids is 1. The first-order chi connectivity index (χ1) is 5.75. The number of hydrogen-bond donors (Lipinski definition) is 2. The first-order valence-electron chi connectivity index (χ1n) is 4.68. The lowest BCUT2D eigenvalue weighted by atomic mass is 9.83. The zero-order chi connectivity index (χ0) is 9.03. The van der Waals surface area contributed by atoms with Crippen molar-refractivity contribution in [1.29, 1.82) is 0 Å². The third-order valence-corrected chi connectivity index (χ3v) is 2.79. The first kappa shape index (κ1) is 9.68. The maximum absolute atomic E-state index is 11.6. The minimum absolute atomic E-state index is 0.222. The summed E-state index contributed by atoms with van der Waals surface area (Å²) in [6.07, 6.45) is 2.49. The number of Topliss-reactive ketones (excluding diaryl/α,β-unsaturated/α-hetero) is 1. The maximum atomic E-state index is 11.6. The lowest BCUT2D eigenvalue weighted by Crippen LogP contribution is -2.56. The summed E-state index contributed by atoms with van der Waals surface area (Å²) in [4.78, 5) is 11.6. The Bertz CT molecular complexity index is 162. The molecule has 1 heterocycles. The fourth-order valence-electron chi connectivity index (χ4n) is 1.86. The lowest BCUT2D eigenvalue weighted by molar-refractivity contribution is -0.126. The van der Waals surface area contributed by atoms with Gasteiger partial charge in [0, 0.05) is 6.42 Å². The molecule has 0 amide bonds. The predicted octanol–water partition coefficient (Wildman–Crippen LogP) is 0.307. The molecular weight excluding hydrogens is 152 g/mol. The summed E-state index contributed by atoms with van der Waals surface area (Å²) in [5.74, 6) is 0.353. The molecule has 1 aliphatic heterocycles. The fourth-order valence-corrected chi connectivity index (χ4v) is 1.86. The molecule has 0 spiro atoms. The van der Waals surface area contributed by atoms with E-state index in [2.05, 4.69) is 10.6 Å². The van der Waals surface area contributed by atoms with E-state index in [4.69, 9.17) is 0 Å². The van der Waals surface area contributed by atoms with Gasteiger partial charge in [-0.2, -0.15) is 0 Å². The molecule has 1 rings (SSSR count). The van der Waals surface area contributed by atoms with Crippen molar-refractivity contribution in [3.8, 4) is 0 Å². The number of rotatable bonds is 3. The topological polar surface area (TPSA) is 41.1 Å². The minimum Gasteiger partial charge on any atom is -0.317 e. The van der Waals surface area contributed by atoms with Gasteiger partial charge in [-0.3, -0.25) is 4.79 Å². The van der Waals surface area contributed by atoms with Gasteiger partial charge in [-0.25, -0.2) is 0 Å². The van der Waals surface area contributed by atoms with E-state index in [-0.39, 0.29) is 5.54 Å². The van der Waals surface area contributed by atoms with E-state index < -0.39 is 0 Å². The zero-order valence-corrected chi connectivity index (χ0v) is 7.94. The van der Waals surface area contributed by atoms with Crippen molar-refractivity contribution in [3.63, 3.8) is 0 Å². The van der Waals surface area contributed by atoms with Crippen LogP contribution in [0.15, 0.2) is 0 Å². The van der Waals surface area contributed by atoms with Crippen molar-refractivity contribution in [2.75, 3.05) is 20.1 Å². The molecule has 2 N–H and O–H groups in total. The highest BCUT2D eigenvalue weighted by Gasteiger charge is 2.35. The second kappa shape index (κ2) is 4.01. The van der Waals surface area contributed by atoms with Gasteiger partial charge in [-0.1, -0.05) is 6.92 Å². The van der Waals surface area contributed by atoms with E-state index in [0.29, 0.717) is 12.2 Å². The van der Waals surface area contributed by atoms with Crippen molar-refractivity contribution in [1.82, 2.24) is 10.6 Å². The lowest BCUT2D eigenvalue weighted by Gasteiger charge is -2.35. The second-order valence-electron chi connectivity index (χ2n) is 3.36. The maximum Gasteiger partial charge on any atom is 0.152 e. The second-order valence-corrected chi connectivity index (χ2v) is 3.36. The number of hydrogen-bond acceptors (Lipinski definition) is 3. The van der Waals surface area contributed by atoms with Gasteiger partial charge in [-0.05, 0) is 33.0 Å². The smallest absolute Gasteiger partial charge is 0.152 e. The van der Waals surface area contributed by atoms with Crippen LogP contribution in [0, 0.1) is 0 Å². The van der Waals surface area contributed by atoms with Gasteiger partial charge >= 0.3 is 0 Å². The van der Waals surface area contributed by atoms with Gasteiger partial charge in [0.25, 0.3) is 0 Å². The summed E-state index contributed by atoms with van der Waals surface area (Å²) >= 11 is 0. The molecule has 0 bridgehead atoms. The van der Waals surface area contributed by atoms with Gasteiger partial charge in [0.05, 0.1) is 5.54 Å². The third-order valence-electron chi connectivity index (χ3n) is 2.79. The first-order valence-corrected chi connectivity index (χ1v) is 4.68. The number of piperidine rings is 1. The van der Waals surface area contributed by atoms with Crippen LogP contribution in [0.3, 0.4) is 0 Å². The van der Waals surface area contributed by atoms with Gasteiger partial charge in [0.2, 0.25) is 0 Å². The molecule has 0 aromatic heterocycles. The summed E-state index contributed by atoms with van der Waals surface area (Å²) in [5.41, 5.74) is -0.222. The van der Waals surface area contributed by atoms with Crippen LogP contribution in [-0.2, 0) is 4.79 Å². The molecule has 0 aromatic carbocycles. The van der Waals surface area contributed by atoms with Crippen molar-refractivity contribution in [3.05, 3.63) is 0 Å². The molecule has 0 atom stereocenters. The van der Waals surface area contributed by atoms with Crippen LogP contribution in [0.5, 0.6) is 0 Å². The standard InChI is InChI=1S/C9H18N2O/c1-3-8(12)9(10-2)4-6-11-7-5-9/h10-11H,3-7H2,1-2H3. The summed E-state index contributed by atoms with van der Waals surface area (Å²) in [7, 11) is 1.89. The van der Waals surface area contributed by atoms with E-state index in [0.717, 1.165) is 25.9 Å². The number of likely N-dealkylation sites (N-methyl/N-ethyl adjacent to an activating group) is 1. The average Bonchev–Trinajstić information content (AvgIpc) is 2.17. The van der Waals surface area contributed by atoms with Crippen LogP contribution >= 0.6 is 0 Å². The molecule has 12 heavy (non-hydrogen) atoms. The number of nitrogens with one attached hydrogen (secondary N) is 2. The van der Waals surface area contributed by atoms with Crippen LogP contribution in [-0.4, -0.2) is 31.5 Å². The van der Waals surface area contributed by atoms with Gasteiger partial charge in [0.1, 0.15) is 0 Å². The third kappa shape index (κ3) is 1.67. The number of carbonyl (C=O) groups is 1. The van der Waals surface area contributed by atoms with Gasteiger partial charge in [0.15, 0.2) is 5.78 Å². The zero-order valence-electron chi connectivity index (χ0n) is 7.94. The molecule has 1 aliphatic rings. The average molecular weight is 170 g/mol. The monoisotopic (exact) mass is 170 g/mol. The molecule has 0 aliphatic carbocycles.